The zero-order valence-electron chi connectivity index (χ0n) is 21.8. The number of aliphatic hydroxyl groups is 1. The van der Waals surface area contributed by atoms with E-state index in [1.54, 1.807) is 6.92 Å². The molecule has 0 aliphatic carbocycles. The fourth-order valence-corrected chi connectivity index (χ4v) is 4.56. The molecule has 3 aromatic carbocycles. The van der Waals surface area contributed by atoms with Crippen LogP contribution in [-0.2, 0) is 21.5 Å². The van der Waals surface area contributed by atoms with Gasteiger partial charge in [-0.3, -0.25) is 9.59 Å². The summed E-state index contributed by atoms with van der Waals surface area (Å²) >= 11 is 0. The Balaban J connectivity index is 1.82. The number of hydrogen-bond acceptors (Lipinski definition) is 4. The van der Waals surface area contributed by atoms with Crippen LogP contribution in [0.5, 0.6) is 5.75 Å². The van der Waals surface area contributed by atoms with Gasteiger partial charge in [-0.2, -0.15) is 0 Å². The van der Waals surface area contributed by atoms with Crippen LogP contribution >= 0.6 is 0 Å². The van der Waals surface area contributed by atoms with Gasteiger partial charge in [0.05, 0.1) is 18.2 Å². The summed E-state index contributed by atoms with van der Waals surface area (Å²) in [7, 11) is 0. The van der Waals surface area contributed by atoms with Gasteiger partial charge in [-0.1, -0.05) is 57.2 Å². The van der Waals surface area contributed by atoms with E-state index in [0.717, 1.165) is 11.1 Å². The van der Waals surface area contributed by atoms with Gasteiger partial charge in [0.15, 0.2) is 0 Å². The SMILES string of the molecule is CCOc1ccc(CN2C(=O)C(=O)/C(=C(\O)c3ccc(F)c(C)c3)C2c2ccc(C(C)(C)C)cc2)cc1. The summed E-state index contributed by atoms with van der Waals surface area (Å²) in [4.78, 5) is 28.1. The first-order valence-electron chi connectivity index (χ1n) is 12.4. The number of aryl methyl sites for hydroxylation is 1. The molecule has 1 saturated heterocycles. The van der Waals surface area contributed by atoms with E-state index in [2.05, 4.69) is 20.8 Å². The molecule has 3 aromatic rings. The highest BCUT2D eigenvalue weighted by atomic mass is 19.1. The molecule has 1 atom stereocenters. The number of Topliss-reactive ketones (excluding diaryl/α,β-unsaturated/α-hetero) is 1. The Hall–Kier alpha value is -3.93. The van der Waals surface area contributed by atoms with Crippen molar-refractivity contribution >= 4 is 17.4 Å². The molecule has 0 saturated carbocycles. The zero-order valence-corrected chi connectivity index (χ0v) is 21.8. The monoisotopic (exact) mass is 501 g/mol. The lowest BCUT2D eigenvalue weighted by molar-refractivity contribution is -0.140. The maximum Gasteiger partial charge on any atom is 0.295 e. The summed E-state index contributed by atoms with van der Waals surface area (Å²) < 4.78 is 19.4. The molecule has 1 aliphatic rings. The highest BCUT2D eigenvalue weighted by molar-refractivity contribution is 6.46. The van der Waals surface area contributed by atoms with Crippen LogP contribution in [0, 0.1) is 12.7 Å². The minimum atomic E-state index is -0.800. The number of halogens is 1. The largest absolute Gasteiger partial charge is 0.507 e. The standard InChI is InChI=1S/C31H32FNO4/c1-6-37-24-14-7-20(8-15-24)18-33-27(21-9-12-23(13-10-21)31(3,4)5)26(29(35)30(33)36)28(34)22-11-16-25(32)19(2)17-22/h7-17,27,34H,6,18H2,1-5H3/b28-26-. The van der Waals surface area contributed by atoms with Gasteiger partial charge >= 0.3 is 0 Å². The molecule has 5 nitrogen and oxygen atoms in total. The van der Waals surface area contributed by atoms with Crippen LogP contribution in [0.2, 0.25) is 0 Å². The van der Waals surface area contributed by atoms with E-state index in [1.807, 2.05) is 55.5 Å². The lowest BCUT2D eigenvalue weighted by Gasteiger charge is -2.26. The van der Waals surface area contributed by atoms with Gasteiger partial charge < -0.3 is 14.7 Å². The molecular weight excluding hydrogens is 469 g/mol. The van der Waals surface area contributed by atoms with Crippen molar-refractivity contribution in [3.05, 3.63) is 106 Å². The summed E-state index contributed by atoms with van der Waals surface area (Å²) in [5.74, 6) is -1.48. The molecule has 4 rings (SSSR count). The Morgan fingerprint density at radius 1 is 1.00 bits per heavy atom. The smallest absolute Gasteiger partial charge is 0.295 e. The summed E-state index contributed by atoms with van der Waals surface area (Å²) in [5.41, 5.74) is 3.17. The van der Waals surface area contributed by atoms with E-state index in [4.69, 9.17) is 4.74 Å². The van der Waals surface area contributed by atoms with Crippen LogP contribution in [0.1, 0.15) is 61.6 Å². The van der Waals surface area contributed by atoms with Crippen molar-refractivity contribution in [2.24, 2.45) is 0 Å². The number of ketones is 1. The zero-order chi connectivity index (χ0) is 26.9. The maximum absolute atomic E-state index is 13.9. The summed E-state index contributed by atoms with van der Waals surface area (Å²) in [5, 5.41) is 11.3. The topological polar surface area (TPSA) is 66.8 Å². The van der Waals surface area contributed by atoms with Crippen LogP contribution in [0.3, 0.4) is 0 Å². The predicted octanol–water partition coefficient (Wildman–Crippen LogP) is 6.45. The average molecular weight is 502 g/mol. The Kier molecular flexibility index (Phi) is 7.21. The molecule has 37 heavy (non-hydrogen) atoms. The van der Waals surface area contributed by atoms with Gasteiger partial charge in [-0.25, -0.2) is 4.39 Å². The Morgan fingerprint density at radius 2 is 1.65 bits per heavy atom. The first-order chi connectivity index (χ1) is 17.5. The van der Waals surface area contributed by atoms with Crippen LogP contribution in [-0.4, -0.2) is 28.3 Å². The third-order valence-electron chi connectivity index (χ3n) is 6.65. The van der Waals surface area contributed by atoms with Gasteiger partial charge in [-0.15, -0.1) is 0 Å². The second kappa shape index (κ2) is 10.2. The van der Waals surface area contributed by atoms with Crippen LogP contribution < -0.4 is 4.74 Å². The molecule has 1 aliphatic heterocycles. The Bertz CT molecular complexity index is 1350. The number of carbonyl (C=O) groups excluding carboxylic acids is 2. The maximum atomic E-state index is 13.9. The fraction of sp³-hybridized carbons (Fsp3) is 0.290. The average Bonchev–Trinajstić information content (AvgIpc) is 3.11. The molecule has 192 valence electrons. The highest BCUT2D eigenvalue weighted by Crippen LogP contribution is 2.41. The molecule has 1 fully saturated rings. The van der Waals surface area contributed by atoms with Crippen molar-refractivity contribution in [2.45, 2.75) is 52.6 Å². The number of rotatable bonds is 6. The van der Waals surface area contributed by atoms with Crippen molar-refractivity contribution in [1.82, 2.24) is 4.90 Å². The number of benzene rings is 3. The van der Waals surface area contributed by atoms with Crippen molar-refractivity contribution in [1.29, 1.82) is 0 Å². The van der Waals surface area contributed by atoms with Crippen LogP contribution in [0.4, 0.5) is 4.39 Å². The second-order valence-electron chi connectivity index (χ2n) is 10.3. The minimum Gasteiger partial charge on any atom is -0.507 e. The number of hydrogen-bond donors (Lipinski definition) is 1. The third-order valence-corrected chi connectivity index (χ3v) is 6.65. The number of aliphatic hydroxyl groups excluding tert-OH is 1. The summed E-state index contributed by atoms with van der Waals surface area (Å²) in [6, 6.07) is 18.4. The van der Waals surface area contributed by atoms with E-state index < -0.39 is 23.5 Å². The molecule has 1 unspecified atom stereocenters. The molecule has 0 bridgehead atoms. The van der Waals surface area contributed by atoms with E-state index in [-0.39, 0.29) is 28.9 Å². The van der Waals surface area contributed by atoms with E-state index >= 15 is 0 Å². The number of nitrogens with zero attached hydrogens (tertiary/aromatic N) is 1. The van der Waals surface area contributed by atoms with E-state index in [1.165, 1.54) is 23.1 Å². The van der Waals surface area contributed by atoms with Crippen molar-refractivity contribution < 1.29 is 23.8 Å². The third kappa shape index (κ3) is 5.29. The van der Waals surface area contributed by atoms with Crippen LogP contribution in [0.15, 0.2) is 72.3 Å². The molecule has 0 aromatic heterocycles. The lowest BCUT2D eigenvalue weighted by atomic mass is 9.85. The van der Waals surface area contributed by atoms with Gasteiger partial charge in [0.25, 0.3) is 11.7 Å². The van der Waals surface area contributed by atoms with Gasteiger partial charge in [0.1, 0.15) is 17.3 Å². The quantitative estimate of drug-likeness (QED) is 0.239. The summed E-state index contributed by atoms with van der Waals surface area (Å²) in [6.45, 7) is 10.5. The number of ether oxygens (including phenoxy) is 1. The molecule has 0 radical (unpaired) electrons. The minimum absolute atomic E-state index is 0.00884. The van der Waals surface area contributed by atoms with Crippen LogP contribution in [0.25, 0.3) is 5.76 Å². The molecule has 1 N–H and O–H groups in total. The van der Waals surface area contributed by atoms with Gasteiger partial charge in [-0.05, 0) is 71.8 Å². The normalized spacial score (nSPS) is 17.4. The predicted molar refractivity (Wildman–Crippen MR) is 142 cm³/mol. The van der Waals surface area contributed by atoms with E-state index in [0.29, 0.717) is 23.5 Å². The number of carbonyl (C=O) groups is 2. The van der Waals surface area contributed by atoms with Crippen molar-refractivity contribution in [3.8, 4) is 5.75 Å². The van der Waals surface area contributed by atoms with Gasteiger partial charge in [0.2, 0.25) is 0 Å². The fourth-order valence-electron chi connectivity index (χ4n) is 4.56. The van der Waals surface area contributed by atoms with Crippen molar-refractivity contribution in [2.75, 3.05) is 6.61 Å². The van der Waals surface area contributed by atoms with Crippen molar-refractivity contribution in [3.63, 3.8) is 0 Å². The number of likely N-dealkylation sites (tertiary alicyclic amines) is 1. The Labute approximate surface area is 217 Å². The lowest BCUT2D eigenvalue weighted by Crippen LogP contribution is -2.29. The molecule has 6 heteroatoms. The first-order valence-corrected chi connectivity index (χ1v) is 12.4. The second-order valence-corrected chi connectivity index (χ2v) is 10.3. The number of amides is 1. The first kappa shape index (κ1) is 26.1. The molecule has 1 amide bonds. The van der Waals surface area contributed by atoms with Gasteiger partial charge in [0, 0.05) is 12.1 Å². The van der Waals surface area contributed by atoms with E-state index in [9.17, 15) is 19.1 Å². The molecule has 1 heterocycles. The molecular formula is C31H32FNO4. The highest BCUT2D eigenvalue weighted by Gasteiger charge is 2.46. The molecule has 0 spiro atoms. The summed E-state index contributed by atoms with van der Waals surface area (Å²) in [6.07, 6.45) is 0. The Morgan fingerprint density at radius 3 is 2.22 bits per heavy atom.